The average molecular weight is 159 g/mol. The first-order valence-corrected chi connectivity index (χ1v) is 5.51. The Morgan fingerprint density at radius 1 is 1.20 bits per heavy atom. The maximum atomic E-state index is 11.8. The van der Waals surface area contributed by atoms with Crippen LogP contribution in [0.25, 0.3) is 0 Å². The van der Waals surface area contributed by atoms with Gasteiger partial charge in [0.1, 0.15) is 0 Å². The Hall–Kier alpha value is 0.350. The fourth-order valence-corrected chi connectivity index (χ4v) is 3.01. The lowest BCUT2D eigenvalue weighted by atomic mass is 10.4. The molecule has 58 valence electrons. The predicted octanol–water partition coefficient (Wildman–Crippen LogP) is 1.16. The summed E-state index contributed by atoms with van der Waals surface area (Å²) < 4.78 is 0.174. The van der Waals surface area contributed by atoms with E-state index in [0.717, 1.165) is 21.7 Å². The van der Waals surface area contributed by atoms with E-state index in [2.05, 4.69) is 0 Å². The summed E-state index contributed by atoms with van der Waals surface area (Å²) in [5, 5.41) is 11.8. The van der Waals surface area contributed by atoms with Crippen molar-refractivity contribution in [2.24, 2.45) is 0 Å². The molecule has 10 heavy (non-hydrogen) atoms. The van der Waals surface area contributed by atoms with Crippen LogP contribution in [0.5, 0.6) is 0 Å². The molecule has 0 amide bonds. The van der Waals surface area contributed by atoms with Gasteiger partial charge in [0.2, 0.25) is 0 Å². The summed E-state index contributed by atoms with van der Waals surface area (Å²) in [6.07, 6.45) is 4.79. The van der Waals surface area contributed by atoms with E-state index in [1.165, 1.54) is 25.2 Å². The average Bonchev–Trinajstić information content (AvgIpc) is 2.69. The van der Waals surface area contributed by atoms with Crippen LogP contribution in [-0.2, 0) is 0 Å². The molecule has 1 saturated carbocycles. The third-order valence-electron chi connectivity index (χ3n) is 2.55. The predicted molar refractivity (Wildman–Crippen MR) is 44.4 cm³/mol. The molecule has 1 heterocycles. The van der Waals surface area contributed by atoms with Crippen LogP contribution in [0.3, 0.4) is 0 Å². The minimum Gasteiger partial charge on any atom is -0.633 e. The molecule has 0 unspecified atom stereocenters. The highest BCUT2D eigenvalue weighted by atomic mass is 31.1. The van der Waals surface area contributed by atoms with Crippen molar-refractivity contribution in [2.45, 2.75) is 18.9 Å². The van der Waals surface area contributed by atoms with Crippen molar-refractivity contribution in [2.75, 3.05) is 25.4 Å². The van der Waals surface area contributed by atoms with Gasteiger partial charge in [0.05, 0.1) is 19.1 Å². The van der Waals surface area contributed by atoms with E-state index in [-0.39, 0.29) is 4.65 Å². The second kappa shape index (κ2) is 2.44. The van der Waals surface area contributed by atoms with Crippen LogP contribution in [-0.4, -0.2) is 36.1 Å². The van der Waals surface area contributed by atoms with E-state index in [1.54, 1.807) is 0 Å². The molecule has 0 spiro atoms. The smallest absolute Gasteiger partial charge is 0.0892 e. The Morgan fingerprint density at radius 2 is 1.80 bits per heavy atom. The summed E-state index contributed by atoms with van der Waals surface area (Å²) in [5.41, 5.74) is 0. The summed E-state index contributed by atoms with van der Waals surface area (Å²) in [6, 6.07) is 0.519. The molecule has 0 radical (unpaired) electrons. The van der Waals surface area contributed by atoms with Crippen LogP contribution in [0.4, 0.5) is 0 Å². The van der Waals surface area contributed by atoms with Crippen molar-refractivity contribution in [1.29, 1.82) is 0 Å². The van der Waals surface area contributed by atoms with Gasteiger partial charge in [-0.2, -0.15) is 0 Å². The molecular weight excluding hydrogens is 145 g/mol. The zero-order valence-electron chi connectivity index (χ0n) is 6.18. The lowest BCUT2D eigenvalue weighted by molar-refractivity contribution is -0.888. The van der Waals surface area contributed by atoms with Gasteiger partial charge in [0, 0.05) is 25.2 Å². The van der Waals surface area contributed by atoms with Crippen LogP contribution < -0.4 is 0 Å². The molecule has 2 fully saturated rings. The normalized spacial score (nSPS) is 44.1. The molecule has 0 bridgehead atoms. The molecule has 3 heteroatoms. The third-order valence-corrected chi connectivity index (χ3v) is 3.70. The summed E-state index contributed by atoms with van der Waals surface area (Å²) in [7, 11) is 1.07. The Morgan fingerprint density at radius 3 is 2.30 bits per heavy atom. The van der Waals surface area contributed by atoms with Gasteiger partial charge in [-0.05, 0) is 0 Å². The zero-order chi connectivity index (χ0) is 7.03. The number of rotatable bonds is 1. The van der Waals surface area contributed by atoms with Crippen LogP contribution in [0.2, 0.25) is 0 Å². The highest BCUT2D eigenvalue weighted by Crippen LogP contribution is 2.36. The van der Waals surface area contributed by atoms with Gasteiger partial charge in [0.15, 0.2) is 0 Å². The molecule has 0 aromatic heterocycles. The molecule has 0 atom stereocenters. The van der Waals surface area contributed by atoms with Gasteiger partial charge in [-0.25, -0.2) is 0 Å². The topological polar surface area (TPSA) is 23.1 Å². The maximum Gasteiger partial charge on any atom is 0.0892 e. The van der Waals surface area contributed by atoms with E-state index in [0.29, 0.717) is 6.04 Å². The number of hydrogen-bond donors (Lipinski definition) is 0. The van der Waals surface area contributed by atoms with E-state index in [1.807, 2.05) is 0 Å². The second-order valence-corrected chi connectivity index (χ2v) is 4.88. The molecule has 0 aromatic carbocycles. The third kappa shape index (κ3) is 1.20. The SMILES string of the molecule is [O-][N+]1(C2CC2)CCPCC1. The van der Waals surface area contributed by atoms with Crippen molar-refractivity contribution in [3.05, 3.63) is 5.21 Å². The van der Waals surface area contributed by atoms with Crippen molar-refractivity contribution < 1.29 is 4.65 Å². The lowest BCUT2D eigenvalue weighted by Crippen LogP contribution is -2.49. The molecule has 1 aliphatic heterocycles. The van der Waals surface area contributed by atoms with Crippen LogP contribution >= 0.6 is 8.58 Å². The van der Waals surface area contributed by atoms with E-state index >= 15 is 0 Å². The van der Waals surface area contributed by atoms with Crippen LogP contribution in [0.1, 0.15) is 12.8 Å². The quantitative estimate of drug-likeness (QED) is 0.320. The summed E-state index contributed by atoms with van der Waals surface area (Å²) in [5.74, 6) is 0. The van der Waals surface area contributed by atoms with E-state index in [9.17, 15) is 5.21 Å². The van der Waals surface area contributed by atoms with Gasteiger partial charge in [-0.1, -0.05) is 0 Å². The second-order valence-electron chi connectivity index (χ2n) is 3.38. The first-order valence-electron chi connectivity index (χ1n) is 4.10. The summed E-state index contributed by atoms with van der Waals surface area (Å²) >= 11 is 0. The van der Waals surface area contributed by atoms with E-state index in [4.69, 9.17) is 0 Å². The molecule has 0 N–H and O–H groups in total. The molecule has 2 rings (SSSR count). The van der Waals surface area contributed by atoms with Crippen molar-refractivity contribution in [1.82, 2.24) is 0 Å². The van der Waals surface area contributed by atoms with Crippen molar-refractivity contribution in [3.8, 4) is 0 Å². The molecule has 0 aromatic rings. The first kappa shape index (κ1) is 7.02. The monoisotopic (exact) mass is 159 g/mol. The summed E-state index contributed by atoms with van der Waals surface area (Å²) in [4.78, 5) is 0. The Labute approximate surface area is 63.6 Å². The van der Waals surface area contributed by atoms with Crippen LogP contribution in [0, 0.1) is 5.21 Å². The molecule has 2 aliphatic rings. The fraction of sp³-hybridized carbons (Fsp3) is 1.00. The molecule has 1 saturated heterocycles. The molecular formula is C7H14NOP. The zero-order valence-corrected chi connectivity index (χ0v) is 7.18. The number of hydroxylamine groups is 3. The van der Waals surface area contributed by atoms with E-state index < -0.39 is 0 Å². The first-order chi connectivity index (χ1) is 4.81. The Kier molecular flexibility index (Phi) is 1.71. The maximum absolute atomic E-state index is 11.8. The molecule has 1 aliphatic carbocycles. The molecule has 2 nitrogen and oxygen atoms in total. The van der Waals surface area contributed by atoms with Gasteiger partial charge < -0.3 is 9.85 Å². The van der Waals surface area contributed by atoms with Gasteiger partial charge in [-0.15, -0.1) is 8.58 Å². The lowest BCUT2D eigenvalue weighted by Gasteiger charge is -2.46. The van der Waals surface area contributed by atoms with Crippen molar-refractivity contribution >= 4 is 8.58 Å². The van der Waals surface area contributed by atoms with Gasteiger partial charge in [-0.3, -0.25) is 0 Å². The minimum absolute atomic E-state index is 0.174. The highest BCUT2D eigenvalue weighted by Gasteiger charge is 2.38. The fourth-order valence-electron chi connectivity index (χ4n) is 1.68. The van der Waals surface area contributed by atoms with Gasteiger partial charge >= 0.3 is 0 Å². The number of nitrogens with zero attached hydrogens (tertiary/aromatic N) is 1. The summed E-state index contributed by atoms with van der Waals surface area (Å²) in [6.45, 7) is 1.84. The standard InChI is InChI=1S/C7H14NOP/c9-8(7-1-2-7)3-5-10-6-4-8/h7,10H,1-6H2. The number of hydrogen-bond acceptors (Lipinski definition) is 1. The minimum atomic E-state index is 0.174. The van der Waals surface area contributed by atoms with Gasteiger partial charge in [0.25, 0.3) is 0 Å². The Bertz CT molecular complexity index is 130. The largest absolute Gasteiger partial charge is 0.633 e. The van der Waals surface area contributed by atoms with Crippen LogP contribution in [0.15, 0.2) is 0 Å². The van der Waals surface area contributed by atoms with Crippen molar-refractivity contribution in [3.63, 3.8) is 0 Å². The Balaban J connectivity index is 1.97. The number of quaternary nitrogens is 1. The highest BCUT2D eigenvalue weighted by molar-refractivity contribution is 7.38.